The third kappa shape index (κ3) is 5.79. The van der Waals surface area contributed by atoms with Gasteiger partial charge in [-0.05, 0) is 48.4 Å². The molecule has 8 heteroatoms. The standard InChI is InChI=1S/C21H25N5O3/c1-3-23-21(27)15-29-18-6-5-16(11-19(18)28-2)13-22-14-17-7-9-24-20(12-17)26-10-4-8-25-26/h4-12,22H,3,13-15H2,1-2H3,(H,23,27). The maximum Gasteiger partial charge on any atom is 0.257 e. The SMILES string of the molecule is CCNC(=O)COc1ccc(CNCc2ccnc(-n3cccn3)c2)cc1OC. The Kier molecular flexibility index (Phi) is 7.18. The number of ether oxygens (including phenoxy) is 2. The van der Waals surface area contributed by atoms with E-state index in [1.54, 1.807) is 24.2 Å². The summed E-state index contributed by atoms with van der Waals surface area (Å²) in [7, 11) is 1.58. The van der Waals surface area contributed by atoms with E-state index in [1.165, 1.54) is 0 Å². The molecule has 0 aliphatic carbocycles. The second kappa shape index (κ2) is 10.2. The number of hydrogen-bond acceptors (Lipinski definition) is 6. The van der Waals surface area contributed by atoms with Crippen molar-refractivity contribution in [3.8, 4) is 17.3 Å². The summed E-state index contributed by atoms with van der Waals surface area (Å²) < 4.78 is 12.7. The first-order chi connectivity index (χ1) is 14.2. The number of aromatic nitrogens is 3. The van der Waals surface area contributed by atoms with Crippen molar-refractivity contribution >= 4 is 5.91 Å². The average Bonchev–Trinajstić information content (AvgIpc) is 3.28. The van der Waals surface area contributed by atoms with Crippen molar-refractivity contribution in [2.24, 2.45) is 0 Å². The zero-order chi connectivity index (χ0) is 20.5. The van der Waals surface area contributed by atoms with Crippen LogP contribution in [0, 0.1) is 0 Å². The van der Waals surface area contributed by atoms with Crippen LogP contribution in [0.5, 0.6) is 11.5 Å². The van der Waals surface area contributed by atoms with Gasteiger partial charge in [-0.15, -0.1) is 0 Å². The van der Waals surface area contributed by atoms with Gasteiger partial charge in [0.25, 0.3) is 5.91 Å². The molecule has 2 heterocycles. The minimum Gasteiger partial charge on any atom is -0.493 e. The lowest BCUT2D eigenvalue weighted by molar-refractivity contribution is -0.123. The number of rotatable bonds is 10. The highest BCUT2D eigenvalue weighted by Gasteiger charge is 2.08. The minimum absolute atomic E-state index is 0.0393. The molecule has 3 aromatic rings. The first kappa shape index (κ1) is 20.3. The van der Waals surface area contributed by atoms with Gasteiger partial charge < -0.3 is 20.1 Å². The van der Waals surface area contributed by atoms with E-state index in [-0.39, 0.29) is 12.5 Å². The van der Waals surface area contributed by atoms with Crippen molar-refractivity contribution in [2.75, 3.05) is 20.3 Å². The van der Waals surface area contributed by atoms with E-state index in [9.17, 15) is 4.79 Å². The number of pyridine rings is 1. The highest BCUT2D eigenvalue weighted by atomic mass is 16.5. The van der Waals surface area contributed by atoms with Crippen molar-refractivity contribution in [3.05, 3.63) is 66.1 Å². The Hall–Kier alpha value is -3.39. The van der Waals surface area contributed by atoms with E-state index in [4.69, 9.17) is 9.47 Å². The van der Waals surface area contributed by atoms with Crippen LogP contribution in [0.3, 0.4) is 0 Å². The first-order valence-electron chi connectivity index (χ1n) is 9.41. The molecule has 0 radical (unpaired) electrons. The van der Waals surface area contributed by atoms with Crippen LogP contribution in [0.1, 0.15) is 18.1 Å². The van der Waals surface area contributed by atoms with Crippen LogP contribution >= 0.6 is 0 Å². The number of nitrogens with one attached hydrogen (secondary N) is 2. The lowest BCUT2D eigenvalue weighted by Gasteiger charge is -2.12. The maximum atomic E-state index is 11.6. The van der Waals surface area contributed by atoms with Crippen LogP contribution in [-0.2, 0) is 17.9 Å². The van der Waals surface area contributed by atoms with Gasteiger partial charge in [0.15, 0.2) is 23.9 Å². The molecule has 0 atom stereocenters. The minimum atomic E-state index is -0.160. The molecule has 0 saturated heterocycles. The van der Waals surface area contributed by atoms with Gasteiger partial charge in [-0.25, -0.2) is 9.67 Å². The summed E-state index contributed by atoms with van der Waals surface area (Å²) in [6, 6.07) is 11.5. The third-order valence-corrected chi connectivity index (χ3v) is 4.17. The highest BCUT2D eigenvalue weighted by Crippen LogP contribution is 2.28. The van der Waals surface area contributed by atoms with Gasteiger partial charge in [0, 0.05) is 38.2 Å². The number of carbonyl (C=O) groups is 1. The quantitative estimate of drug-likeness (QED) is 0.546. The van der Waals surface area contributed by atoms with Crippen LogP contribution in [0.4, 0.5) is 0 Å². The summed E-state index contributed by atoms with van der Waals surface area (Å²) in [4.78, 5) is 15.9. The molecule has 0 saturated carbocycles. The molecule has 8 nitrogen and oxygen atoms in total. The molecule has 2 N–H and O–H groups in total. The molecular weight excluding hydrogens is 370 g/mol. The van der Waals surface area contributed by atoms with Gasteiger partial charge in [-0.2, -0.15) is 5.10 Å². The van der Waals surface area contributed by atoms with Crippen LogP contribution in [0.2, 0.25) is 0 Å². The van der Waals surface area contributed by atoms with Gasteiger partial charge in [0.2, 0.25) is 0 Å². The molecule has 3 rings (SSSR count). The second-order valence-electron chi connectivity index (χ2n) is 6.30. The summed E-state index contributed by atoms with van der Waals surface area (Å²) in [5.41, 5.74) is 2.16. The molecule has 29 heavy (non-hydrogen) atoms. The first-order valence-corrected chi connectivity index (χ1v) is 9.41. The average molecular weight is 395 g/mol. The fourth-order valence-corrected chi connectivity index (χ4v) is 2.78. The number of nitrogens with zero attached hydrogens (tertiary/aromatic N) is 3. The maximum absolute atomic E-state index is 11.6. The Labute approximate surface area is 169 Å². The lowest BCUT2D eigenvalue weighted by atomic mass is 10.2. The van der Waals surface area contributed by atoms with Gasteiger partial charge in [0.05, 0.1) is 7.11 Å². The van der Waals surface area contributed by atoms with Crippen molar-refractivity contribution < 1.29 is 14.3 Å². The molecular formula is C21H25N5O3. The van der Waals surface area contributed by atoms with E-state index in [0.29, 0.717) is 31.1 Å². The molecule has 1 amide bonds. The normalized spacial score (nSPS) is 10.6. The summed E-state index contributed by atoms with van der Waals surface area (Å²) in [5, 5.41) is 10.3. The van der Waals surface area contributed by atoms with Crippen LogP contribution in [0.25, 0.3) is 5.82 Å². The topological polar surface area (TPSA) is 90.3 Å². The van der Waals surface area contributed by atoms with Gasteiger partial charge in [-0.1, -0.05) is 6.07 Å². The Morgan fingerprint density at radius 1 is 1.10 bits per heavy atom. The summed E-state index contributed by atoms with van der Waals surface area (Å²) in [6.45, 7) is 3.75. The summed E-state index contributed by atoms with van der Waals surface area (Å²) >= 11 is 0. The molecule has 2 aromatic heterocycles. The van der Waals surface area contributed by atoms with Crippen molar-refractivity contribution in [3.63, 3.8) is 0 Å². The highest BCUT2D eigenvalue weighted by molar-refractivity contribution is 5.77. The third-order valence-electron chi connectivity index (χ3n) is 4.17. The number of benzene rings is 1. The molecule has 0 spiro atoms. The number of methoxy groups -OCH3 is 1. The Balaban J connectivity index is 1.55. The zero-order valence-electron chi connectivity index (χ0n) is 16.6. The van der Waals surface area contributed by atoms with Crippen LogP contribution in [-0.4, -0.2) is 40.9 Å². The summed E-state index contributed by atoms with van der Waals surface area (Å²) in [5.74, 6) is 1.76. The van der Waals surface area contributed by atoms with Gasteiger partial charge in [0.1, 0.15) is 0 Å². The molecule has 0 fully saturated rings. The molecule has 0 bridgehead atoms. The van der Waals surface area contributed by atoms with E-state index in [2.05, 4.69) is 20.7 Å². The Morgan fingerprint density at radius 2 is 1.93 bits per heavy atom. The number of hydrogen-bond donors (Lipinski definition) is 2. The van der Waals surface area contributed by atoms with Gasteiger partial charge in [-0.3, -0.25) is 4.79 Å². The zero-order valence-corrected chi connectivity index (χ0v) is 16.6. The monoisotopic (exact) mass is 395 g/mol. The predicted molar refractivity (Wildman–Crippen MR) is 109 cm³/mol. The lowest BCUT2D eigenvalue weighted by Crippen LogP contribution is -2.28. The Morgan fingerprint density at radius 3 is 2.66 bits per heavy atom. The largest absolute Gasteiger partial charge is 0.493 e. The molecule has 1 aromatic carbocycles. The predicted octanol–water partition coefficient (Wildman–Crippen LogP) is 2.08. The van der Waals surface area contributed by atoms with E-state index in [1.807, 2.05) is 49.5 Å². The van der Waals surface area contributed by atoms with E-state index >= 15 is 0 Å². The number of likely N-dealkylation sites (N-methyl/N-ethyl adjacent to an activating group) is 1. The fourth-order valence-electron chi connectivity index (χ4n) is 2.78. The van der Waals surface area contributed by atoms with Crippen LogP contribution in [0.15, 0.2) is 55.0 Å². The molecule has 0 aliphatic rings. The van der Waals surface area contributed by atoms with E-state index < -0.39 is 0 Å². The van der Waals surface area contributed by atoms with E-state index in [0.717, 1.165) is 16.9 Å². The van der Waals surface area contributed by atoms with Crippen molar-refractivity contribution in [1.29, 1.82) is 0 Å². The second-order valence-corrected chi connectivity index (χ2v) is 6.30. The molecule has 152 valence electrons. The summed E-state index contributed by atoms with van der Waals surface area (Å²) in [6.07, 6.45) is 5.36. The van der Waals surface area contributed by atoms with Crippen molar-refractivity contribution in [1.82, 2.24) is 25.4 Å². The van der Waals surface area contributed by atoms with Crippen molar-refractivity contribution in [2.45, 2.75) is 20.0 Å². The fraction of sp³-hybridized carbons (Fsp3) is 0.286. The van der Waals surface area contributed by atoms with Crippen LogP contribution < -0.4 is 20.1 Å². The molecule has 0 aliphatic heterocycles. The number of amides is 1. The molecule has 0 unspecified atom stereocenters. The van der Waals surface area contributed by atoms with Gasteiger partial charge >= 0.3 is 0 Å². The Bertz CT molecular complexity index is 928. The smallest absolute Gasteiger partial charge is 0.257 e. The number of carbonyl (C=O) groups excluding carboxylic acids is 1.